The summed E-state index contributed by atoms with van der Waals surface area (Å²) in [6.07, 6.45) is -0.394. The van der Waals surface area contributed by atoms with E-state index in [2.05, 4.69) is 5.32 Å². The van der Waals surface area contributed by atoms with Crippen molar-refractivity contribution in [1.29, 1.82) is 0 Å². The van der Waals surface area contributed by atoms with Crippen LogP contribution in [0.3, 0.4) is 0 Å². The molecule has 2 amide bonds. The molecule has 1 saturated heterocycles. The zero-order valence-electron chi connectivity index (χ0n) is 12.9. The summed E-state index contributed by atoms with van der Waals surface area (Å²) in [6, 6.07) is -0.809. The number of nitrogens with one attached hydrogen (secondary N) is 1. The van der Waals surface area contributed by atoms with Crippen LogP contribution in [0.1, 0.15) is 27.2 Å². The smallest absolute Gasteiger partial charge is 0.411 e. The van der Waals surface area contributed by atoms with Crippen molar-refractivity contribution in [2.24, 2.45) is 0 Å². The summed E-state index contributed by atoms with van der Waals surface area (Å²) in [5.41, 5.74) is -0.708. The van der Waals surface area contributed by atoms with Crippen LogP contribution in [0.25, 0.3) is 0 Å². The van der Waals surface area contributed by atoms with Gasteiger partial charge in [0.2, 0.25) is 5.91 Å². The van der Waals surface area contributed by atoms with Gasteiger partial charge in [0.05, 0.1) is 18.9 Å². The quantitative estimate of drug-likeness (QED) is 0.739. The fourth-order valence-electron chi connectivity index (χ4n) is 2.05. The number of amides is 2. The third-order valence-electron chi connectivity index (χ3n) is 2.75. The van der Waals surface area contributed by atoms with Gasteiger partial charge in [-0.2, -0.15) is 8.42 Å². The SMILES string of the molecule is CNC(=O)C1CC(OS(C)(=O)=O)CN1C(=O)OC(C)(C)C. The molecular weight excluding hydrogens is 300 g/mol. The van der Waals surface area contributed by atoms with Crippen LogP contribution in [-0.2, 0) is 23.8 Å². The average Bonchev–Trinajstić information content (AvgIpc) is 2.67. The van der Waals surface area contributed by atoms with Crippen LogP contribution in [-0.4, -0.2) is 62.9 Å². The highest BCUT2D eigenvalue weighted by Crippen LogP contribution is 2.24. The lowest BCUT2D eigenvalue weighted by atomic mass is 10.2. The standard InChI is InChI=1S/C12H22N2O6S/c1-12(2,3)19-11(16)14-7-8(20-21(5,17)18)6-9(14)10(15)13-4/h8-9H,6-7H2,1-5H3,(H,13,15). The molecule has 0 aromatic carbocycles. The Balaban J connectivity index is 2.88. The zero-order chi connectivity index (χ0) is 16.4. The number of rotatable bonds is 3. The fraction of sp³-hybridized carbons (Fsp3) is 0.833. The first kappa shape index (κ1) is 17.7. The third-order valence-corrected chi connectivity index (χ3v) is 3.37. The summed E-state index contributed by atoms with van der Waals surface area (Å²) in [6.45, 7) is 5.11. The molecule has 0 aliphatic carbocycles. The number of hydrogen-bond donors (Lipinski definition) is 1. The van der Waals surface area contributed by atoms with E-state index >= 15 is 0 Å². The Morgan fingerprint density at radius 1 is 1.29 bits per heavy atom. The van der Waals surface area contributed by atoms with Crippen molar-refractivity contribution in [1.82, 2.24) is 10.2 Å². The first-order valence-corrected chi connectivity index (χ1v) is 8.34. The Morgan fingerprint density at radius 3 is 2.29 bits per heavy atom. The highest BCUT2D eigenvalue weighted by atomic mass is 32.2. The van der Waals surface area contributed by atoms with E-state index in [0.29, 0.717) is 0 Å². The molecule has 21 heavy (non-hydrogen) atoms. The van der Waals surface area contributed by atoms with Crippen LogP contribution in [0.4, 0.5) is 4.79 Å². The Bertz CT molecular complexity index is 510. The van der Waals surface area contributed by atoms with Gasteiger partial charge in [0.25, 0.3) is 10.1 Å². The van der Waals surface area contributed by atoms with Crippen LogP contribution in [0.2, 0.25) is 0 Å². The Hall–Kier alpha value is -1.35. The van der Waals surface area contributed by atoms with Crippen molar-refractivity contribution < 1.29 is 26.9 Å². The maximum absolute atomic E-state index is 12.1. The first-order valence-electron chi connectivity index (χ1n) is 6.52. The van der Waals surface area contributed by atoms with Crippen molar-refractivity contribution in [2.75, 3.05) is 19.8 Å². The summed E-state index contributed by atoms with van der Waals surface area (Å²) in [7, 11) is -2.21. The normalized spacial score (nSPS) is 23.0. The Morgan fingerprint density at radius 2 is 1.86 bits per heavy atom. The number of hydrogen-bond acceptors (Lipinski definition) is 6. The van der Waals surface area contributed by atoms with Gasteiger partial charge in [-0.1, -0.05) is 0 Å². The van der Waals surface area contributed by atoms with Crippen molar-refractivity contribution in [2.45, 2.75) is 44.9 Å². The second kappa shape index (κ2) is 6.18. The molecule has 0 spiro atoms. The maximum atomic E-state index is 12.1. The Labute approximate surface area is 124 Å². The molecule has 122 valence electrons. The monoisotopic (exact) mass is 322 g/mol. The maximum Gasteiger partial charge on any atom is 0.411 e. The molecule has 0 radical (unpaired) electrons. The number of ether oxygens (including phenoxy) is 1. The molecule has 1 fully saturated rings. The number of nitrogens with zero attached hydrogens (tertiary/aromatic N) is 1. The van der Waals surface area contributed by atoms with Gasteiger partial charge in [0.1, 0.15) is 11.6 Å². The van der Waals surface area contributed by atoms with Crippen molar-refractivity contribution in [3.63, 3.8) is 0 Å². The molecule has 0 aromatic heterocycles. The minimum atomic E-state index is -3.66. The summed E-state index contributed by atoms with van der Waals surface area (Å²) in [5, 5.41) is 2.44. The number of likely N-dealkylation sites (tertiary alicyclic amines) is 1. The summed E-state index contributed by atoms with van der Waals surface area (Å²) in [5.74, 6) is -0.388. The molecule has 2 unspecified atom stereocenters. The molecule has 1 rings (SSSR count). The van der Waals surface area contributed by atoms with Crippen molar-refractivity contribution in [3.8, 4) is 0 Å². The largest absolute Gasteiger partial charge is 0.444 e. The third kappa shape index (κ3) is 5.50. The molecule has 0 saturated carbocycles. The average molecular weight is 322 g/mol. The minimum absolute atomic E-state index is 0.0138. The van der Waals surface area contributed by atoms with E-state index in [0.717, 1.165) is 6.26 Å². The summed E-state index contributed by atoms with van der Waals surface area (Å²) < 4.78 is 32.5. The fourth-order valence-corrected chi connectivity index (χ4v) is 2.69. The highest BCUT2D eigenvalue weighted by molar-refractivity contribution is 7.86. The highest BCUT2D eigenvalue weighted by Gasteiger charge is 2.42. The van der Waals surface area contributed by atoms with E-state index in [1.165, 1.54) is 11.9 Å². The van der Waals surface area contributed by atoms with Crippen LogP contribution in [0, 0.1) is 0 Å². The van der Waals surface area contributed by atoms with Gasteiger partial charge in [-0.25, -0.2) is 4.79 Å². The molecule has 0 bridgehead atoms. The topological polar surface area (TPSA) is 102 Å². The molecule has 0 aromatic rings. The molecule has 1 aliphatic rings. The molecular formula is C12H22N2O6S. The first-order chi connectivity index (χ1) is 9.43. The second-order valence-electron chi connectivity index (χ2n) is 5.92. The summed E-state index contributed by atoms with van der Waals surface area (Å²) >= 11 is 0. The van der Waals surface area contributed by atoms with Crippen molar-refractivity contribution in [3.05, 3.63) is 0 Å². The van der Waals surface area contributed by atoms with E-state index in [9.17, 15) is 18.0 Å². The molecule has 9 heteroatoms. The van der Waals surface area contributed by atoms with Gasteiger partial charge in [-0.15, -0.1) is 0 Å². The zero-order valence-corrected chi connectivity index (χ0v) is 13.7. The van der Waals surface area contributed by atoms with Gasteiger partial charge in [0.15, 0.2) is 0 Å². The number of carbonyl (C=O) groups is 2. The lowest BCUT2D eigenvalue weighted by molar-refractivity contribution is -0.125. The summed E-state index contributed by atoms with van der Waals surface area (Å²) in [4.78, 5) is 25.2. The van der Waals surface area contributed by atoms with Crippen LogP contribution in [0.15, 0.2) is 0 Å². The van der Waals surface area contributed by atoms with E-state index < -0.39 is 34.0 Å². The molecule has 1 heterocycles. The molecule has 2 atom stereocenters. The van der Waals surface area contributed by atoms with Gasteiger partial charge in [-0.05, 0) is 20.8 Å². The van der Waals surface area contributed by atoms with Crippen LogP contribution < -0.4 is 5.32 Å². The number of likely N-dealkylation sites (N-methyl/N-ethyl adjacent to an activating group) is 1. The van der Waals surface area contributed by atoms with E-state index in [-0.39, 0.29) is 18.9 Å². The van der Waals surface area contributed by atoms with Crippen LogP contribution >= 0.6 is 0 Å². The lowest BCUT2D eigenvalue weighted by Crippen LogP contribution is -2.46. The molecule has 1 N–H and O–H groups in total. The van der Waals surface area contributed by atoms with Gasteiger partial charge < -0.3 is 10.1 Å². The van der Waals surface area contributed by atoms with E-state index in [4.69, 9.17) is 8.92 Å². The predicted octanol–water partition coefficient (Wildman–Crippen LogP) is 0.0866. The molecule has 1 aliphatic heterocycles. The van der Waals surface area contributed by atoms with Gasteiger partial charge in [0, 0.05) is 13.5 Å². The Kier molecular flexibility index (Phi) is 5.21. The van der Waals surface area contributed by atoms with Gasteiger partial charge in [-0.3, -0.25) is 13.9 Å². The minimum Gasteiger partial charge on any atom is -0.444 e. The van der Waals surface area contributed by atoms with Gasteiger partial charge >= 0.3 is 6.09 Å². The van der Waals surface area contributed by atoms with Crippen LogP contribution in [0.5, 0.6) is 0 Å². The number of carbonyl (C=O) groups excluding carboxylic acids is 2. The van der Waals surface area contributed by atoms with E-state index in [1.807, 2.05) is 0 Å². The lowest BCUT2D eigenvalue weighted by Gasteiger charge is -2.27. The second-order valence-corrected chi connectivity index (χ2v) is 7.52. The predicted molar refractivity (Wildman–Crippen MR) is 75.1 cm³/mol. The molecule has 8 nitrogen and oxygen atoms in total. The van der Waals surface area contributed by atoms with Crippen molar-refractivity contribution >= 4 is 22.1 Å². The van der Waals surface area contributed by atoms with E-state index in [1.54, 1.807) is 20.8 Å².